The number of amides is 12. The Morgan fingerprint density at radius 2 is 0.495 bits per heavy atom. The molecule has 12 amide bonds. The highest BCUT2D eigenvalue weighted by Gasteiger charge is 2.57. The maximum absolute atomic E-state index is 12.1. The van der Waals surface area contributed by atoms with Gasteiger partial charge < -0.3 is 28.4 Å². The molecule has 0 aromatic carbocycles. The molecule has 0 aromatic heterocycles. The third-order valence-corrected chi connectivity index (χ3v) is 22.1. The van der Waals surface area contributed by atoms with Gasteiger partial charge in [-0.1, -0.05) is 117 Å². The Hall–Kier alpha value is -9.90. The van der Waals surface area contributed by atoms with Gasteiger partial charge in [-0.15, -0.1) is 0 Å². The van der Waals surface area contributed by atoms with Crippen molar-refractivity contribution in [2.24, 2.45) is 35.5 Å². The van der Waals surface area contributed by atoms with Gasteiger partial charge in [0.1, 0.15) is 6.61 Å². The average Bonchev–Trinajstić information content (AvgIpc) is 1.75. The number of likely N-dealkylation sites (tertiary alicyclic amines) is 6. The van der Waals surface area contributed by atoms with Gasteiger partial charge in [-0.3, -0.25) is 86.9 Å². The number of hydrogen-bond acceptors (Lipinski definition) is 24. The van der Waals surface area contributed by atoms with E-state index in [1.807, 2.05) is 0 Å². The highest BCUT2D eigenvalue weighted by Crippen LogP contribution is 2.44. The zero-order chi connectivity index (χ0) is 82.2. The molecule has 14 atom stereocenters. The molecular weight excluding hydrogens is 1440 g/mol. The van der Waals surface area contributed by atoms with Crippen molar-refractivity contribution in [1.29, 1.82) is 0 Å². The summed E-state index contributed by atoms with van der Waals surface area (Å²) in [4.78, 5) is 218. The van der Waals surface area contributed by atoms with Gasteiger partial charge >= 0.3 is 35.8 Å². The first-order valence-electron chi connectivity index (χ1n) is 38.7. The zero-order valence-electron chi connectivity index (χ0n) is 65.3. The van der Waals surface area contributed by atoms with Crippen molar-refractivity contribution in [3.8, 4) is 0 Å². The summed E-state index contributed by atoms with van der Waals surface area (Å²) in [6, 6.07) is 0.205. The normalized spacial score (nSPS) is 26.3. The number of imide groups is 6. The van der Waals surface area contributed by atoms with Crippen molar-refractivity contribution in [3.63, 3.8) is 0 Å². The molecule has 6 aliphatic heterocycles. The minimum absolute atomic E-state index is 0.00161. The monoisotopic (exact) mass is 1550 g/mol. The topological polar surface area (TPSA) is 382 Å². The SMILES string of the molecule is C=C(C)C(=O)OC(C)C(=O)N1C(=O)C2CCCC21.C=C(C)C(=O)OC(C)C(=O)N1C(=O)C2CCCCC21.C=C(C)C(=O)OCC(=O)N1C(=O)C2CCCC21.C=C(C)C(=O)OCC(=O)N1C(=O)C2CCCCC21.C=C(C)C(=O)OCC(=O)N1C(=O)C2CCCCCC21.C=C(C)C(=O)OCCC(=O)N1C(=O)C2CCCCCC21. The highest BCUT2D eigenvalue weighted by atomic mass is 16.6. The fourth-order valence-corrected chi connectivity index (χ4v) is 16.0. The molecule has 12 aliphatic rings. The molecule has 6 heterocycles. The van der Waals surface area contributed by atoms with Gasteiger partial charge in [0.2, 0.25) is 41.4 Å². The minimum atomic E-state index is -0.934. The second kappa shape index (κ2) is 39.8. The molecule has 6 saturated heterocycles. The Balaban J connectivity index is 0.000000185. The summed E-state index contributed by atoms with van der Waals surface area (Å²) in [6.07, 6.45) is 21.4. The molecule has 6 aliphatic carbocycles. The van der Waals surface area contributed by atoms with Crippen molar-refractivity contribution >= 4 is 107 Å². The van der Waals surface area contributed by atoms with Gasteiger partial charge in [0.15, 0.2) is 32.0 Å². The van der Waals surface area contributed by atoms with Crippen LogP contribution in [0.15, 0.2) is 72.9 Å². The van der Waals surface area contributed by atoms with Crippen LogP contribution in [0.3, 0.4) is 0 Å². The summed E-state index contributed by atoms with van der Waals surface area (Å²) in [5.74, 6) is -6.37. The van der Waals surface area contributed by atoms with E-state index in [1.165, 1.54) is 77.9 Å². The summed E-state index contributed by atoms with van der Waals surface area (Å²) in [5, 5.41) is 0. The largest absolute Gasteiger partial charge is 0.462 e. The van der Waals surface area contributed by atoms with Gasteiger partial charge in [0, 0.05) is 33.4 Å². The van der Waals surface area contributed by atoms with E-state index in [-0.39, 0.29) is 174 Å². The first-order valence-corrected chi connectivity index (χ1v) is 38.7. The van der Waals surface area contributed by atoms with Crippen molar-refractivity contribution in [1.82, 2.24) is 29.4 Å². The molecule has 0 bridgehead atoms. The second-order valence-electron chi connectivity index (χ2n) is 30.6. The lowest BCUT2D eigenvalue weighted by Crippen LogP contribution is -2.65. The number of nitrogens with zero attached hydrogens (tertiary/aromatic N) is 6. The van der Waals surface area contributed by atoms with Crippen molar-refractivity contribution in [3.05, 3.63) is 72.9 Å². The lowest BCUT2D eigenvalue weighted by molar-refractivity contribution is -0.177. The molecule has 30 heteroatoms. The van der Waals surface area contributed by atoms with Crippen LogP contribution in [0.25, 0.3) is 0 Å². The predicted octanol–water partition coefficient (Wildman–Crippen LogP) is 7.37. The van der Waals surface area contributed by atoms with E-state index in [9.17, 15) is 86.3 Å². The highest BCUT2D eigenvalue weighted by molar-refractivity contribution is 6.08. The smallest absolute Gasteiger partial charge is 0.333 e. The van der Waals surface area contributed by atoms with Crippen molar-refractivity contribution in [2.45, 2.75) is 264 Å². The first kappa shape index (κ1) is 88.3. The summed E-state index contributed by atoms with van der Waals surface area (Å²) >= 11 is 0. The third-order valence-electron chi connectivity index (χ3n) is 22.1. The Morgan fingerprint density at radius 3 is 0.775 bits per heavy atom. The van der Waals surface area contributed by atoms with Gasteiger partial charge in [-0.05, 0) is 132 Å². The summed E-state index contributed by atoms with van der Waals surface area (Å²) in [6.45, 7) is 31.6. The van der Waals surface area contributed by atoms with Gasteiger partial charge in [-0.2, -0.15) is 0 Å². The molecule has 14 unspecified atom stereocenters. The Morgan fingerprint density at radius 1 is 0.288 bits per heavy atom. The number of hydrogen-bond donors (Lipinski definition) is 0. The van der Waals surface area contributed by atoms with E-state index in [0.717, 1.165) is 154 Å². The zero-order valence-corrected chi connectivity index (χ0v) is 65.3. The quantitative estimate of drug-likeness (QED) is 0.0527. The van der Waals surface area contributed by atoms with Gasteiger partial charge in [-0.25, -0.2) is 28.8 Å². The van der Waals surface area contributed by atoms with Gasteiger partial charge in [0.05, 0.1) is 78.2 Å². The van der Waals surface area contributed by atoms with Crippen molar-refractivity contribution in [2.75, 3.05) is 26.4 Å². The van der Waals surface area contributed by atoms with Crippen LogP contribution >= 0.6 is 0 Å². The van der Waals surface area contributed by atoms with E-state index in [2.05, 4.69) is 39.5 Å². The number of carbonyl (C=O) groups is 18. The molecule has 0 aromatic rings. The first-order chi connectivity index (χ1) is 52.4. The lowest BCUT2D eigenvalue weighted by atomic mass is 9.76. The second-order valence-corrected chi connectivity index (χ2v) is 30.6. The van der Waals surface area contributed by atoms with Crippen LogP contribution in [0.1, 0.15) is 216 Å². The maximum atomic E-state index is 12.1. The summed E-state index contributed by atoms with van der Waals surface area (Å²) < 4.78 is 29.1. The van der Waals surface area contributed by atoms with Crippen LogP contribution in [0.5, 0.6) is 0 Å². The molecule has 30 nitrogen and oxygen atoms in total. The molecule has 606 valence electrons. The van der Waals surface area contributed by atoms with Gasteiger partial charge in [0.25, 0.3) is 29.5 Å². The molecule has 6 saturated carbocycles. The van der Waals surface area contributed by atoms with Crippen LogP contribution in [-0.2, 0) is 115 Å². The number of fused-ring (bicyclic) bond motifs is 6. The standard InChI is InChI=1S/C15H21NO4.2C14H19NO4.2C13H17NO4.C12H15NO4/c1-10(2)15(19)20-9-8-13(17)16-12-7-5-3-4-6-11(12)14(16)18;1-8(2)14(18)19-9(3)12(16)15-11-7-5-4-6-10(11)13(15)17;1-9(2)14(18)19-8-12(16)15-11-7-5-3-4-6-10(11)13(15)17;1-7(2)13(17)18-8(3)11(15)14-10-6-4-5-9(10)12(14)16;1-8(2)13(17)18-7-11(15)14-10-6-4-3-5-9(10)12(14)16;1-7(2)12(16)17-6-10(14)13-9-5-3-4-8(9)11(13)15/h11-12H,1,3-9H2,2H3;9-11H,1,4-7H2,2-3H3;10-11H,1,3-8H2,2H3;8-10H,1,4-6H2,2-3H3;9-10H,1,3-7H2,2H3;8-9H,1,3-6H2,2H3. The minimum Gasteiger partial charge on any atom is -0.462 e. The van der Waals surface area contributed by atoms with Crippen molar-refractivity contribution < 1.29 is 115 Å². The molecule has 0 N–H and O–H groups in total. The molecule has 12 rings (SSSR count). The Labute approximate surface area is 647 Å². The van der Waals surface area contributed by atoms with E-state index < -0.39 is 77.6 Å². The predicted molar refractivity (Wildman–Crippen MR) is 394 cm³/mol. The number of esters is 6. The van der Waals surface area contributed by atoms with E-state index >= 15 is 0 Å². The van der Waals surface area contributed by atoms with E-state index in [4.69, 9.17) is 28.4 Å². The number of rotatable bonds is 19. The number of carbonyl (C=O) groups excluding carboxylic acids is 18. The molecule has 111 heavy (non-hydrogen) atoms. The molecular formula is C81H108N6O24. The van der Waals surface area contributed by atoms with E-state index in [0.29, 0.717) is 5.57 Å². The number of β-lactam (4-membered cyclic amide) rings is 6. The molecule has 0 radical (unpaired) electrons. The number of ether oxygens (including phenoxy) is 6. The van der Waals surface area contributed by atoms with E-state index in [1.54, 1.807) is 6.92 Å². The van der Waals surface area contributed by atoms with Crippen LogP contribution in [0.2, 0.25) is 0 Å². The van der Waals surface area contributed by atoms with Crippen LogP contribution in [0.4, 0.5) is 0 Å². The fraction of sp³-hybridized carbons (Fsp3) is 0.630. The molecule has 0 spiro atoms. The lowest BCUT2D eigenvalue weighted by Gasteiger charge is -2.48. The van der Waals surface area contributed by atoms with Crippen LogP contribution in [0, 0.1) is 35.5 Å². The summed E-state index contributed by atoms with van der Waals surface area (Å²) in [7, 11) is 0. The van der Waals surface area contributed by atoms with Crippen LogP contribution < -0.4 is 0 Å². The Bertz CT molecular complexity index is 3790. The summed E-state index contributed by atoms with van der Waals surface area (Å²) in [5.41, 5.74) is 1.52. The molecule has 12 fully saturated rings. The average molecular weight is 1550 g/mol. The Kier molecular flexibility index (Phi) is 31.7. The maximum Gasteiger partial charge on any atom is 0.333 e. The van der Waals surface area contributed by atoms with Crippen LogP contribution in [-0.4, -0.2) is 211 Å². The third kappa shape index (κ3) is 21.2. The fourth-order valence-electron chi connectivity index (χ4n) is 16.0.